The van der Waals surface area contributed by atoms with Crippen LogP contribution in [0.2, 0.25) is 0 Å². The number of ether oxygens (including phenoxy) is 2. The Morgan fingerprint density at radius 1 is 1.14 bits per heavy atom. The van der Waals surface area contributed by atoms with Gasteiger partial charge < -0.3 is 29.4 Å². The molecule has 4 aromatic rings. The number of nitrogens with zero attached hydrogens (tertiary/aromatic N) is 4. The third-order valence-corrected chi connectivity index (χ3v) is 8.61. The Kier molecular flexibility index (Phi) is 7.31. The number of carbonyl (C=O) groups excluding carboxylic acids is 1. The lowest BCUT2D eigenvalue weighted by Crippen LogP contribution is -2.30. The van der Waals surface area contributed by atoms with E-state index in [2.05, 4.69) is 10.4 Å². The Morgan fingerprint density at radius 2 is 1.86 bits per heavy atom. The van der Waals surface area contributed by atoms with Crippen molar-refractivity contribution in [2.75, 3.05) is 38.8 Å². The number of rotatable bonds is 8. The minimum atomic E-state index is -4.78. The Labute approximate surface area is 250 Å². The van der Waals surface area contributed by atoms with Crippen molar-refractivity contribution in [3.8, 4) is 28.4 Å². The number of aliphatic hydroxyl groups excluding tert-OH is 1. The molecular weight excluding hydrogens is 579 g/mol. The van der Waals surface area contributed by atoms with Crippen LogP contribution in [0.5, 0.6) is 11.5 Å². The second-order valence-electron chi connectivity index (χ2n) is 11.4. The van der Waals surface area contributed by atoms with Crippen molar-refractivity contribution in [2.45, 2.75) is 38.5 Å². The van der Waals surface area contributed by atoms with E-state index in [9.17, 15) is 27.9 Å². The summed E-state index contributed by atoms with van der Waals surface area (Å²) in [5, 5.41) is 17.6. The van der Waals surface area contributed by atoms with Crippen molar-refractivity contribution in [1.29, 1.82) is 0 Å². The van der Waals surface area contributed by atoms with Crippen molar-refractivity contribution in [3.05, 3.63) is 64.6 Å². The van der Waals surface area contributed by atoms with Gasteiger partial charge in [0.05, 0.1) is 32.1 Å². The van der Waals surface area contributed by atoms with Gasteiger partial charge in [-0.15, -0.1) is 0 Å². The SMILES string of the molecule is COc1cc(OC)cc(-c2nn(-c3cc(N4CC[C@]5(CC5NC(C)=O)C4)ccc3C(F)(F)F)c(=O)c3c2ccn3CCO)c1. The van der Waals surface area contributed by atoms with Gasteiger partial charge in [0.2, 0.25) is 5.91 Å². The first kappa shape index (κ1) is 29.5. The zero-order valence-electron chi connectivity index (χ0n) is 24.4. The zero-order chi connectivity index (χ0) is 31.4. The molecule has 1 saturated carbocycles. The van der Waals surface area contributed by atoms with Crippen LogP contribution in [0.1, 0.15) is 25.3 Å². The molecule has 2 fully saturated rings. The first-order chi connectivity index (χ1) is 21.0. The molecule has 1 unspecified atom stereocenters. The molecular formula is C31H32F3N5O5. The molecule has 1 saturated heterocycles. The molecule has 3 heterocycles. The van der Waals surface area contributed by atoms with Crippen molar-refractivity contribution in [2.24, 2.45) is 5.41 Å². The number of hydrogen-bond donors (Lipinski definition) is 2. The second kappa shape index (κ2) is 10.9. The molecule has 1 aliphatic heterocycles. The lowest BCUT2D eigenvalue weighted by Gasteiger charge is -2.22. The maximum Gasteiger partial charge on any atom is 0.418 e. The Bertz CT molecular complexity index is 1790. The zero-order valence-corrected chi connectivity index (χ0v) is 24.4. The van der Waals surface area contributed by atoms with E-state index < -0.39 is 23.0 Å². The molecule has 2 N–H and O–H groups in total. The van der Waals surface area contributed by atoms with E-state index in [0.717, 1.165) is 23.6 Å². The molecule has 0 bridgehead atoms. The Hall–Kier alpha value is -4.52. The van der Waals surface area contributed by atoms with E-state index in [1.165, 1.54) is 37.8 Å². The first-order valence-corrected chi connectivity index (χ1v) is 14.2. The lowest BCUT2D eigenvalue weighted by molar-refractivity contribution is -0.137. The van der Waals surface area contributed by atoms with Gasteiger partial charge in [-0.1, -0.05) is 0 Å². The van der Waals surface area contributed by atoms with Crippen LogP contribution in [0.25, 0.3) is 27.8 Å². The van der Waals surface area contributed by atoms with E-state index in [0.29, 0.717) is 41.2 Å². The standard InChI is InChI=1S/C31H32F3N5O5/c1-18(41)35-26-16-30(26)7-9-38(17-30)20-4-5-24(31(32,33)34)25(14-20)39-29(42)28-23(6-8-37(28)10-11-40)27(36-39)19-12-21(43-2)15-22(13-19)44-3/h4-6,8,12-15,26,40H,7,9-11,16-17H2,1-3H3,(H,35,41)/t26?,30-/m0/s1. The normalized spacial score (nSPS) is 19.5. The Balaban J connectivity index is 1.54. The summed E-state index contributed by atoms with van der Waals surface area (Å²) in [4.78, 5) is 27.6. The number of halogens is 3. The number of methoxy groups -OCH3 is 2. The summed E-state index contributed by atoms with van der Waals surface area (Å²) in [5.74, 6) is 0.749. The van der Waals surface area contributed by atoms with Crippen LogP contribution in [0.3, 0.4) is 0 Å². The highest BCUT2D eigenvalue weighted by atomic mass is 19.4. The predicted octanol–water partition coefficient (Wildman–Crippen LogP) is 3.99. The number of aliphatic hydroxyl groups is 1. The van der Waals surface area contributed by atoms with Crippen LogP contribution >= 0.6 is 0 Å². The molecule has 1 aliphatic carbocycles. The fourth-order valence-electron chi connectivity index (χ4n) is 6.31. The predicted molar refractivity (Wildman–Crippen MR) is 157 cm³/mol. The van der Waals surface area contributed by atoms with Crippen LogP contribution in [-0.2, 0) is 17.5 Å². The minimum absolute atomic E-state index is 0.0346. The van der Waals surface area contributed by atoms with Crippen LogP contribution in [0, 0.1) is 5.41 Å². The molecule has 1 amide bonds. The average molecular weight is 612 g/mol. The molecule has 6 rings (SSSR count). The highest BCUT2D eigenvalue weighted by Gasteiger charge is 2.58. The first-order valence-electron chi connectivity index (χ1n) is 14.2. The van der Waals surface area contributed by atoms with Gasteiger partial charge in [0, 0.05) is 66.9 Å². The van der Waals surface area contributed by atoms with Crippen LogP contribution in [0.4, 0.5) is 18.9 Å². The van der Waals surface area contributed by atoms with E-state index in [1.807, 2.05) is 4.90 Å². The fraction of sp³-hybridized carbons (Fsp3) is 0.387. The lowest BCUT2D eigenvalue weighted by atomic mass is 10.1. The summed E-state index contributed by atoms with van der Waals surface area (Å²) in [6.45, 7) is 2.40. The number of hydrogen-bond acceptors (Lipinski definition) is 7. The van der Waals surface area contributed by atoms with Gasteiger partial charge in [0.1, 0.15) is 22.7 Å². The number of aromatic nitrogens is 3. The second-order valence-corrected chi connectivity index (χ2v) is 11.4. The molecule has 13 heteroatoms. The molecule has 2 aliphatic rings. The van der Waals surface area contributed by atoms with E-state index in [4.69, 9.17) is 9.47 Å². The van der Waals surface area contributed by atoms with Crippen molar-refractivity contribution < 1.29 is 32.5 Å². The molecule has 232 valence electrons. The van der Waals surface area contributed by atoms with Crippen molar-refractivity contribution >= 4 is 22.5 Å². The maximum absolute atomic E-state index is 14.5. The fourth-order valence-corrected chi connectivity index (χ4v) is 6.31. The molecule has 2 aromatic carbocycles. The number of nitrogens with one attached hydrogen (secondary N) is 1. The largest absolute Gasteiger partial charge is 0.497 e. The summed E-state index contributed by atoms with van der Waals surface area (Å²) in [7, 11) is 2.95. The summed E-state index contributed by atoms with van der Waals surface area (Å²) in [6.07, 6.45) is -1.59. The smallest absolute Gasteiger partial charge is 0.418 e. The van der Waals surface area contributed by atoms with Gasteiger partial charge in [0.25, 0.3) is 5.56 Å². The van der Waals surface area contributed by atoms with Gasteiger partial charge in [0.15, 0.2) is 0 Å². The maximum atomic E-state index is 14.5. The van der Waals surface area contributed by atoms with E-state index in [-0.39, 0.29) is 41.7 Å². The highest BCUT2D eigenvalue weighted by Crippen LogP contribution is 2.54. The molecule has 1 spiro atoms. The monoisotopic (exact) mass is 611 g/mol. The van der Waals surface area contributed by atoms with E-state index >= 15 is 0 Å². The van der Waals surface area contributed by atoms with Crippen LogP contribution in [-0.4, -0.2) is 65.3 Å². The average Bonchev–Trinajstić information content (AvgIpc) is 3.28. The summed E-state index contributed by atoms with van der Waals surface area (Å²) < 4.78 is 56.6. The van der Waals surface area contributed by atoms with E-state index in [1.54, 1.807) is 30.5 Å². The van der Waals surface area contributed by atoms with Crippen molar-refractivity contribution in [1.82, 2.24) is 19.7 Å². The van der Waals surface area contributed by atoms with Crippen LogP contribution in [0.15, 0.2) is 53.5 Å². The number of amides is 1. The molecule has 2 aromatic heterocycles. The van der Waals surface area contributed by atoms with Crippen LogP contribution < -0.4 is 25.2 Å². The van der Waals surface area contributed by atoms with Gasteiger partial charge in [-0.2, -0.15) is 23.0 Å². The Morgan fingerprint density at radius 3 is 2.50 bits per heavy atom. The summed E-state index contributed by atoms with van der Waals surface area (Å²) in [6, 6.07) is 10.4. The molecule has 10 nitrogen and oxygen atoms in total. The molecule has 0 radical (unpaired) electrons. The quantitative estimate of drug-likeness (QED) is 0.310. The number of carbonyl (C=O) groups is 1. The van der Waals surface area contributed by atoms with Gasteiger partial charge in [-0.3, -0.25) is 9.59 Å². The third kappa shape index (κ3) is 5.14. The van der Waals surface area contributed by atoms with Gasteiger partial charge >= 0.3 is 6.18 Å². The summed E-state index contributed by atoms with van der Waals surface area (Å²) >= 11 is 0. The number of anilines is 1. The number of benzene rings is 2. The van der Waals surface area contributed by atoms with Gasteiger partial charge in [-0.25, -0.2) is 0 Å². The number of fused-ring (bicyclic) bond motifs is 1. The number of alkyl halides is 3. The molecule has 44 heavy (non-hydrogen) atoms. The van der Waals surface area contributed by atoms with Gasteiger partial charge in [-0.05, 0) is 49.2 Å². The highest BCUT2D eigenvalue weighted by molar-refractivity contribution is 5.93. The minimum Gasteiger partial charge on any atom is -0.497 e. The van der Waals surface area contributed by atoms with Crippen molar-refractivity contribution in [3.63, 3.8) is 0 Å². The molecule has 2 atom stereocenters. The topological polar surface area (TPSA) is 111 Å². The summed E-state index contributed by atoms with van der Waals surface area (Å²) in [5.41, 5.74) is -0.986. The third-order valence-electron chi connectivity index (χ3n) is 8.61.